The molecule has 0 bridgehead atoms. The van der Waals surface area contributed by atoms with E-state index in [1.165, 1.54) is 6.92 Å². The molecular weight excluding hydrogens is 625 g/mol. The first-order valence-electron chi connectivity index (χ1n) is 15.4. The highest BCUT2D eigenvalue weighted by Gasteiger charge is 2.30. The number of likely N-dealkylation sites (N-methyl/N-ethyl adjacent to an activating group) is 1. The number of aryl methyl sites for hydroxylation is 1. The van der Waals surface area contributed by atoms with Crippen LogP contribution in [0.3, 0.4) is 0 Å². The Morgan fingerprint density at radius 3 is 2.61 bits per heavy atom. The number of hydrogen-bond acceptors (Lipinski definition) is 8. The van der Waals surface area contributed by atoms with Gasteiger partial charge in [-0.3, -0.25) is 9.59 Å². The molecule has 0 N–H and O–H groups in total. The predicted octanol–water partition coefficient (Wildman–Crippen LogP) is 5.58. The number of fused-ring (bicyclic) bond motifs is 2. The van der Waals surface area contributed by atoms with Crippen LogP contribution in [0.15, 0.2) is 59.8 Å². The number of halogens is 2. The first kappa shape index (κ1) is 30.5. The number of anilines is 2. The van der Waals surface area contributed by atoms with Gasteiger partial charge in [0.25, 0.3) is 0 Å². The van der Waals surface area contributed by atoms with E-state index in [0.717, 1.165) is 60.7 Å². The van der Waals surface area contributed by atoms with Gasteiger partial charge in [-0.2, -0.15) is 0 Å². The lowest BCUT2D eigenvalue weighted by molar-refractivity contribution is 0.101. The lowest BCUT2D eigenvalue weighted by atomic mass is 10.1. The van der Waals surface area contributed by atoms with Crippen molar-refractivity contribution in [2.75, 3.05) is 50.1 Å². The molecule has 4 aromatic heterocycles. The van der Waals surface area contributed by atoms with Gasteiger partial charge in [0, 0.05) is 50.5 Å². The number of Topliss-reactive ketones (excluding diaryl/α,β-unsaturated/α-hetero) is 1. The van der Waals surface area contributed by atoms with Crippen LogP contribution in [-0.4, -0.2) is 82.2 Å². The first-order chi connectivity index (χ1) is 22.1. The fraction of sp³-hybridized carbons (Fsp3) is 0.353. The summed E-state index contributed by atoms with van der Waals surface area (Å²) in [4.78, 5) is 42.1. The zero-order valence-corrected chi connectivity index (χ0v) is 27.7. The third-order valence-corrected chi connectivity index (χ3v) is 9.84. The third kappa shape index (κ3) is 5.38. The van der Waals surface area contributed by atoms with E-state index in [1.807, 2.05) is 52.7 Å². The molecule has 0 aliphatic carbocycles. The number of carbonyl (C=O) groups is 1. The summed E-state index contributed by atoms with van der Waals surface area (Å²) in [6, 6.07) is 11.9. The number of pyridine rings is 3. The van der Waals surface area contributed by atoms with E-state index < -0.39 is 0 Å². The highest BCUT2D eigenvalue weighted by molar-refractivity contribution is 6.34. The Labute approximate surface area is 276 Å². The normalized spacial score (nSPS) is 17.0. The van der Waals surface area contributed by atoms with E-state index in [0.29, 0.717) is 39.5 Å². The van der Waals surface area contributed by atoms with E-state index in [9.17, 15) is 9.59 Å². The number of aromatic nitrogens is 4. The van der Waals surface area contributed by atoms with Gasteiger partial charge in [0.05, 0.1) is 50.7 Å². The molecule has 0 radical (unpaired) electrons. The van der Waals surface area contributed by atoms with Crippen molar-refractivity contribution < 1.29 is 9.53 Å². The summed E-state index contributed by atoms with van der Waals surface area (Å²) >= 11 is 13.4. The second-order valence-corrected chi connectivity index (χ2v) is 13.2. The minimum atomic E-state index is -0.342. The van der Waals surface area contributed by atoms with Gasteiger partial charge in [-0.1, -0.05) is 23.2 Å². The molecule has 1 atom stereocenters. The second-order valence-electron chi connectivity index (χ2n) is 12.4. The summed E-state index contributed by atoms with van der Waals surface area (Å²) in [7, 11) is 6.12. The summed E-state index contributed by atoms with van der Waals surface area (Å²) in [6.45, 7) is 4.38. The molecule has 46 heavy (non-hydrogen) atoms. The summed E-state index contributed by atoms with van der Waals surface area (Å²) in [6.07, 6.45) is 7.19. The number of hydrogen-bond donors (Lipinski definition) is 0. The zero-order chi connectivity index (χ0) is 32.3. The number of ether oxygens (including phenoxy) is 1. The van der Waals surface area contributed by atoms with Crippen LogP contribution in [0.1, 0.15) is 30.1 Å². The van der Waals surface area contributed by atoms with Crippen LogP contribution in [-0.2, 0) is 7.05 Å². The van der Waals surface area contributed by atoms with Crippen LogP contribution in [0.4, 0.5) is 11.5 Å². The van der Waals surface area contributed by atoms with Gasteiger partial charge in [0.15, 0.2) is 11.2 Å². The average molecular weight is 661 g/mol. The van der Waals surface area contributed by atoms with Gasteiger partial charge in [-0.15, -0.1) is 0 Å². The van der Waals surface area contributed by atoms with Gasteiger partial charge < -0.3 is 28.6 Å². The molecule has 10 nitrogen and oxygen atoms in total. The number of benzene rings is 1. The molecule has 0 saturated carbocycles. The van der Waals surface area contributed by atoms with Gasteiger partial charge in [0.1, 0.15) is 17.4 Å². The molecular formula is C34H35Cl2N7O3. The van der Waals surface area contributed by atoms with Crippen molar-refractivity contribution in [3.63, 3.8) is 0 Å². The lowest BCUT2D eigenvalue weighted by Gasteiger charge is -2.43. The Morgan fingerprint density at radius 2 is 1.89 bits per heavy atom. The highest BCUT2D eigenvalue weighted by Crippen LogP contribution is 2.36. The molecule has 2 aliphatic rings. The Kier molecular flexibility index (Phi) is 7.91. The Morgan fingerprint density at radius 1 is 1.09 bits per heavy atom. The van der Waals surface area contributed by atoms with Gasteiger partial charge in [-0.05, 0) is 70.3 Å². The SMILES string of the molecule is CC(=O)c1cn(-c2ccc(N3CC(N(C)C)C3)nc2)c2cc(N3CCC[C@@H]3COc3nc4ccn(C)c4cc3Cl)c(Cl)cc2c1=O. The van der Waals surface area contributed by atoms with Crippen molar-refractivity contribution in [3.05, 3.63) is 80.8 Å². The van der Waals surface area contributed by atoms with Crippen molar-refractivity contribution >= 4 is 62.4 Å². The Hall–Kier alpha value is -4.12. The maximum atomic E-state index is 13.5. The Balaban J connectivity index is 1.22. The van der Waals surface area contributed by atoms with Gasteiger partial charge >= 0.3 is 0 Å². The number of rotatable bonds is 8. The molecule has 12 heteroatoms. The van der Waals surface area contributed by atoms with Crippen LogP contribution in [0.25, 0.3) is 27.6 Å². The number of ketones is 1. The first-order valence-corrected chi connectivity index (χ1v) is 16.1. The molecule has 0 amide bonds. The fourth-order valence-electron chi connectivity index (χ4n) is 6.44. The minimum Gasteiger partial charge on any atom is -0.474 e. The third-order valence-electron chi connectivity index (χ3n) is 9.27. The predicted molar refractivity (Wildman–Crippen MR) is 184 cm³/mol. The van der Waals surface area contributed by atoms with E-state index in [-0.39, 0.29) is 22.8 Å². The molecule has 2 saturated heterocycles. The molecule has 6 heterocycles. The highest BCUT2D eigenvalue weighted by atomic mass is 35.5. The number of carbonyl (C=O) groups excluding carboxylic acids is 1. The summed E-state index contributed by atoms with van der Waals surface area (Å²) < 4.78 is 10.0. The van der Waals surface area contributed by atoms with Crippen LogP contribution >= 0.6 is 23.2 Å². The second kappa shape index (κ2) is 11.9. The summed E-state index contributed by atoms with van der Waals surface area (Å²) in [5.41, 5.74) is 3.69. The molecule has 7 rings (SSSR count). The molecule has 0 spiro atoms. The van der Waals surface area contributed by atoms with Crippen molar-refractivity contribution in [1.29, 1.82) is 0 Å². The molecule has 0 unspecified atom stereocenters. The van der Waals surface area contributed by atoms with Crippen molar-refractivity contribution in [2.24, 2.45) is 7.05 Å². The van der Waals surface area contributed by atoms with E-state index in [4.69, 9.17) is 32.9 Å². The van der Waals surface area contributed by atoms with Crippen molar-refractivity contribution in [3.8, 4) is 11.6 Å². The molecule has 2 fully saturated rings. The molecule has 238 valence electrons. The number of nitrogens with zero attached hydrogens (tertiary/aromatic N) is 7. The van der Waals surface area contributed by atoms with Crippen molar-refractivity contribution in [2.45, 2.75) is 31.8 Å². The average Bonchev–Trinajstić information content (AvgIpc) is 3.61. The summed E-state index contributed by atoms with van der Waals surface area (Å²) in [5, 5.41) is 1.27. The molecule has 1 aromatic carbocycles. The minimum absolute atomic E-state index is 0.0134. The Bertz CT molecular complexity index is 2030. The summed E-state index contributed by atoms with van der Waals surface area (Å²) in [5.74, 6) is 0.982. The van der Waals surface area contributed by atoms with Crippen LogP contribution in [0, 0.1) is 0 Å². The van der Waals surface area contributed by atoms with Gasteiger partial charge in [-0.25, -0.2) is 9.97 Å². The van der Waals surface area contributed by atoms with Gasteiger partial charge in [0.2, 0.25) is 5.88 Å². The molecule has 2 aliphatic heterocycles. The van der Waals surface area contributed by atoms with E-state index in [1.54, 1.807) is 18.5 Å². The van der Waals surface area contributed by atoms with Crippen molar-refractivity contribution in [1.82, 2.24) is 24.0 Å². The van der Waals surface area contributed by atoms with E-state index in [2.05, 4.69) is 33.8 Å². The van der Waals surface area contributed by atoms with E-state index >= 15 is 0 Å². The largest absolute Gasteiger partial charge is 0.474 e. The maximum absolute atomic E-state index is 13.5. The smallest absolute Gasteiger partial charge is 0.233 e. The fourth-order valence-corrected chi connectivity index (χ4v) is 6.91. The monoisotopic (exact) mass is 659 g/mol. The van der Waals surface area contributed by atoms with Crippen LogP contribution in [0.5, 0.6) is 5.88 Å². The lowest BCUT2D eigenvalue weighted by Crippen LogP contribution is -2.57. The standard InChI is InChI=1S/C34H35Cl2N7O3/c1-20(44)25-18-43(21-7-8-32(37-15-21)41-16-23(17-41)39(2)3)29-14-30(26(35)12-24(29)33(25)45)42-10-5-6-22(42)19-46-34-27(36)13-31-28(38-34)9-11-40(31)4/h7-9,11-15,18,22-23H,5-6,10,16-17,19H2,1-4H3/t22-/m1/s1. The molecule has 5 aromatic rings. The van der Waals surface area contributed by atoms with Crippen LogP contribution < -0.4 is 20.0 Å². The maximum Gasteiger partial charge on any atom is 0.233 e. The zero-order valence-electron chi connectivity index (χ0n) is 26.2. The van der Waals surface area contributed by atoms with Crippen LogP contribution in [0.2, 0.25) is 10.0 Å². The quantitative estimate of drug-likeness (QED) is 0.200. The topological polar surface area (TPSA) is 88.7 Å².